The van der Waals surface area contributed by atoms with Crippen molar-refractivity contribution in [3.63, 3.8) is 0 Å². The summed E-state index contributed by atoms with van der Waals surface area (Å²) < 4.78 is 11.3. The molecule has 7 nitrogen and oxygen atoms in total. The van der Waals surface area contributed by atoms with Crippen LogP contribution in [-0.4, -0.2) is 30.1 Å². The second-order valence-electron chi connectivity index (χ2n) is 8.35. The zero-order chi connectivity index (χ0) is 24.8. The lowest BCUT2D eigenvalue weighted by Gasteiger charge is -2.12. The van der Waals surface area contributed by atoms with Crippen LogP contribution >= 0.6 is 12.2 Å². The van der Waals surface area contributed by atoms with Crippen LogP contribution < -0.4 is 25.6 Å². The lowest BCUT2D eigenvalue weighted by molar-refractivity contribution is 0.0934. The van der Waals surface area contributed by atoms with Crippen LogP contribution in [0.3, 0.4) is 0 Å². The van der Waals surface area contributed by atoms with Gasteiger partial charge in [0.1, 0.15) is 11.5 Å². The summed E-state index contributed by atoms with van der Waals surface area (Å²) >= 11 is 5.10. The molecule has 34 heavy (non-hydrogen) atoms. The Kier molecular flexibility index (Phi) is 11.9. The molecule has 0 radical (unpaired) electrons. The number of carbonyl (C=O) groups is 2. The van der Waals surface area contributed by atoms with E-state index in [1.165, 1.54) is 12.8 Å². The molecule has 2 amide bonds. The van der Waals surface area contributed by atoms with E-state index in [4.69, 9.17) is 21.7 Å². The third-order valence-corrected chi connectivity index (χ3v) is 5.18. The number of carbonyl (C=O) groups excluding carboxylic acids is 2. The van der Waals surface area contributed by atoms with E-state index in [0.717, 1.165) is 25.0 Å². The number of thiocarbonyl (C=S) groups is 1. The first-order chi connectivity index (χ1) is 16.4. The van der Waals surface area contributed by atoms with E-state index in [9.17, 15) is 9.59 Å². The van der Waals surface area contributed by atoms with Crippen LogP contribution in [0, 0.1) is 5.92 Å². The van der Waals surface area contributed by atoms with Gasteiger partial charge in [-0.2, -0.15) is 0 Å². The Hall–Kier alpha value is -3.13. The SMILES string of the molecule is CCCCCCOc1ccc(C(=O)NC(=S)NNC(=O)c2ccc(OCCC(C)C)cc2)cc1. The van der Waals surface area contributed by atoms with Gasteiger partial charge < -0.3 is 9.47 Å². The summed E-state index contributed by atoms with van der Waals surface area (Å²) in [4.78, 5) is 24.7. The van der Waals surface area contributed by atoms with Gasteiger partial charge in [-0.1, -0.05) is 40.0 Å². The molecule has 0 saturated heterocycles. The fourth-order valence-electron chi connectivity index (χ4n) is 2.93. The van der Waals surface area contributed by atoms with Crippen molar-refractivity contribution in [1.29, 1.82) is 0 Å². The minimum absolute atomic E-state index is 0.0109. The molecule has 2 rings (SSSR count). The maximum absolute atomic E-state index is 12.4. The molecule has 0 fully saturated rings. The third kappa shape index (κ3) is 10.2. The summed E-state index contributed by atoms with van der Waals surface area (Å²) in [6.07, 6.45) is 5.52. The Morgan fingerprint density at radius 1 is 0.794 bits per heavy atom. The smallest absolute Gasteiger partial charge is 0.269 e. The first kappa shape index (κ1) is 27.1. The van der Waals surface area contributed by atoms with Crippen molar-refractivity contribution in [3.05, 3.63) is 59.7 Å². The van der Waals surface area contributed by atoms with Crippen LogP contribution in [0.1, 0.15) is 73.6 Å². The maximum Gasteiger partial charge on any atom is 0.269 e. The summed E-state index contributed by atoms with van der Waals surface area (Å²) in [6, 6.07) is 13.7. The molecule has 184 valence electrons. The normalized spacial score (nSPS) is 10.5. The minimum atomic E-state index is -0.385. The highest BCUT2D eigenvalue weighted by molar-refractivity contribution is 7.80. The van der Waals surface area contributed by atoms with E-state index < -0.39 is 0 Å². The maximum atomic E-state index is 12.4. The molecular weight excluding hydrogens is 450 g/mol. The lowest BCUT2D eigenvalue weighted by atomic mass is 10.1. The Morgan fingerprint density at radius 2 is 1.35 bits per heavy atom. The van der Waals surface area contributed by atoms with Gasteiger partial charge in [-0.25, -0.2) is 0 Å². The van der Waals surface area contributed by atoms with Crippen LogP contribution in [0.15, 0.2) is 48.5 Å². The van der Waals surface area contributed by atoms with Crippen molar-refractivity contribution in [2.24, 2.45) is 5.92 Å². The molecule has 0 unspecified atom stereocenters. The van der Waals surface area contributed by atoms with Gasteiger partial charge in [0.15, 0.2) is 5.11 Å². The van der Waals surface area contributed by atoms with E-state index in [-0.39, 0.29) is 16.9 Å². The zero-order valence-electron chi connectivity index (χ0n) is 20.2. The standard InChI is InChI=1S/C26H35N3O4S/c1-4-5-6-7-17-32-22-12-8-20(9-13-22)24(30)27-26(34)29-28-25(31)21-10-14-23(15-11-21)33-18-16-19(2)3/h8-15,19H,4-7,16-18H2,1-3H3,(H,28,31)(H2,27,29,30,34). The summed E-state index contributed by atoms with van der Waals surface area (Å²) in [7, 11) is 0. The Labute approximate surface area is 207 Å². The molecule has 0 aliphatic heterocycles. The van der Waals surface area contributed by atoms with E-state index in [1.807, 2.05) is 0 Å². The van der Waals surface area contributed by atoms with Gasteiger partial charge in [-0.3, -0.25) is 25.8 Å². The van der Waals surface area contributed by atoms with Gasteiger partial charge >= 0.3 is 0 Å². The summed E-state index contributed by atoms with van der Waals surface area (Å²) in [5.74, 6) is 1.23. The van der Waals surface area contributed by atoms with E-state index in [2.05, 4.69) is 36.9 Å². The van der Waals surface area contributed by atoms with Crippen molar-refractivity contribution in [2.45, 2.75) is 52.9 Å². The van der Waals surface area contributed by atoms with Crippen LogP contribution in [0.4, 0.5) is 0 Å². The first-order valence-corrected chi connectivity index (χ1v) is 12.2. The predicted octanol–water partition coefficient (Wildman–Crippen LogP) is 5.02. The molecule has 0 spiro atoms. The minimum Gasteiger partial charge on any atom is -0.494 e. The van der Waals surface area contributed by atoms with Gasteiger partial charge in [-0.05, 0) is 79.5 Å². The molecular formula is C26H35N3O4S. The molecule has 0 saturated carbocycles. The average Bonchev–Trinajstić information content (AvgIpc) is 2.83. The highest BCUT2D eigenvalue weighted by Crippen LogP contribution is 2.14. The Bertz CT molecular complexity index is 915. The zero-order valence-corrected chi connectivity index (χ0v) is 21.0. The third-order valence-electron chi connectivity index (χ3n) is 4.98. The highest BCUT2D eigenvalue weighted by Gasteiger charge is 2.10. The van der Waals surface area contributed by atoms with E-state index >= 15 is 0 Å². The molecule has 0 aliphatic rings. The van der Waals surface area contributed by atoms with E-state index in [0.29, 0.717) is 36.0 Å². The average molecular weight is 486 g/mol. The summed E-state index contributed by atoms with van der Waals surface area (Å²) in [5.41, 5.74) is 5.88. The second kappa shape index (κ2) is 14.9. The lowest BCUT2D eigenvalue weighted by Crippen LogP contribution is -2.48. The van der Waals surface area contributed by atoms with Crippen molar-refractivity contribution in [2.75, 3.05) is 13.2 Å². The van der Waals surface area contributed by atoms with Gasteiger partial charge in [0.2, 0.25) is 0 Å². The number of rotatable bonds is 12. The molecule has 0 aromatic heterocycles. The monoisotopic (exact) mass is 485 g/mol. The van der Waals surface area contributed by atoms with Gasteiger partial charge in [0.25, 0.3) is 11.8 Å². The molecule has 3 N–H and O–H groups in total. The molecule has 0 aliphatic carbocycles. The first-order valence-electron chi connectivity index (χ1n) is 11.8. The van der Waals surface area contributed by atoms with Crippen LogP contribution in [-0.2, 0) is 0 Å². The number of hydrogen-bond acceptors (Lipinski definition) is 5. The number of hydrazine groups is 1. The predicted molar refractivity (Wildman–Crippen MR) is 138 cm³/mol. The summed E-state index contributed by atoms with van der Waals surface area (Å²) in [5, 5.41) is 2.53. The molecule has 2 aromatic rings. The van der Waals surface area contributed by atoms with E-state index in [1.54, 1.807) is 48.5 Å². The number of benzene rings is 2. The van der Waals surface area contributed by atoms with Crippen LogP contribution in [0.5, 0.6) is 11.5 Å². The Balaban J connectivity index is 1.72. The molecule has 0 bridgehead atoms. The molecule has 0 atom stereocenters. The number of amides is 2. The number of nitrogens with one attached hydrogen (secondary N) is 3. The van der Waals surface area contributed by atoms with Crippen molar-refractivity contribution >= 4 is 29.1 Å². The highest BCUT2D eigenvalue weighted by atomic mass is 32.1. The fraction of sp³-hybridized carbons (Fsp3) is 0.423. The Morgan fingerprint density at radius 3 is 1.91 bits per heavy atom. The topological polar surface area (TPSA) is 88.7 Å². The van der Waals surface area contributed by atoms with Gasteiger partial charge in [-0.15, -0.1) is 0 Å². The van der Waals surface area contributed by atoms with Crippen molar-refractivity contribution in [3.8, 4) is 11.5 Å². The summed E-state index contributed by atoms with van der Waals surface area (Å²) in [6.45, 7) is 7.74. The number of ether oxygens (including phenoxy) is 2. The van der Waals surface area contributed by atoms with Crippen LogP contribution in [0.25, 0.3) is 0 Å². The molecule has 0 heterocycles. The molecule has 2 aromatic carbocycles. The number of hydrogen-bond donors (Lipinski definition) is 3. The second-order valence-corrected chi connectivity index (χ2v) is 8.76. The largest absolute Gasteiger partial charge is 0.494 e. The van der Waals surface area contributed by atoms with Crippen LogP contribution in [0.2, 0.25) is 0 Å². The quantitative estimate of drug-likeness (QED) is 0.222. The van der Waals surface area contributed by atoms with Crippen molar-refractivity contribution < 1.29 is 19.1 Å². The van der Waals surface area contributed by atoms with Gasteiger partial charge in [0, 0.05) is 11.1 Å². The van der Waals surface area contributed by atoms with Crippen molar-refractivity contribution in [1.82, 2.24) is 16.2 Å². The number of unbranched alkanes of at least 4 members (excludes halogenated alkanes) is 3. The van der Waals surface area contributed by atoms with Gasteiger partial charge in [0.05, 0.1) is 13.2 Å². The molecule has 8 heteroatoms. The fourth-order valence-corrected chi connectivity index (χ4v) is 3.07.